The van der Waals surface area contributed by atoms with Crippen molar-refractivity contribution in [3.05, 3.63) is 98.0 Å². The molecule has 0 heterocycles. The van der Waals surface area contributed by atoms with Crippen LogP contribution in [0.1, 0.15) is 16.7 Å². The van der Waals surface area contributed by atoms with E-state index < -0.39 is 4.92 Å². The molecule has 0 aliphatic heterocycles. The number of halogens is 1. The molecule has 0 atom stereocenters. The number of hydrogen-bond acceptors (Lipinski definition) is 6. The molecule has 0 bridgehead atoms. The Morgan fingerprint density at radius 1 is 1.06 bits per heavy atom. The van der Waals surface area contributed by atoms with Crippen LogP contribution in [0.3, 0.4) is 0 Å². The summed E-state index contributed by atoms with van der Waals surface area (Å²) in [5, 5.41) is 14.6. The Balaban J connectivity index is 1.55. The first-order valence-corrected chi connectivity index (χ1v) is 10.3. The Morgan fingerprint density at radius 2 is 1.75 bits per heavy atom. The van der Waals surface area contributed by atoms with Crippen LogP contribution in [0.15, 0.2) is 76.3 Å². The average Bonchev–Trinajstić information content (AvgIpc) is 2.79. The van der Waals surface area contributed by atoms with E-state index in [4.69, 9.17) is 9.47 Å². The molecule has 9 heteroatoms. The van der Waals surface area contributed by atoms with Crippen molar-refractivity contribution in [1.82, 2.24) is 5.43 Å². The molecular weight excluding hydrogens is 478 g/mol. The Bertz CT molecular complexity index is 1120. The molecular formula is C23H20BrN3O5. The number of methoxy groups -OCH3 is 1. The van der Waals surface area contributed by atoms with Crippen LogP contribution in [0.25, 0.3) is 0 Å². The second-order valence-electron chi connectivity index (χ2n) is 6.72. The number of rotatable bonds is 9. The van der Waals surface area contributed by atoms with E-state index >= 15 is 0 Å². The molecule has 0 aliphatic carbocycles. The van der Waals surface area contributed by atoms with Gasteiger partial charge in [0.25, 0.3) is 5.69 Å². The number of benzene rings is 3. The van der Waals surface area contributed by atoms with Crippen molar-refractivity contribution in [3.63, 3.8) is 0 Å². The molecule has 3 aromatic rings. The summed E-state index contributed by atoms with van der Waals surface area (Å²) in [5.41, 5.74) is 4.81. The van der Waals surface area contributed by atoms with Crippen molar-refractivity contribution in [1.29, 1.82) is 0 Å². The van der Waals surface area contributed by atoms with Gasteiger partial charge in [0, 0.05) is 16.6 Å². The van der Waals surface area contributed by atoms with Crippen molar-refractivity contribution in [2.45, 2.75) is 13.0 Å². The van der Waals surface area contributed by atoms with E-state index in [0.29, 0.717) is 29.2 Å². The second-order valence-corrected chi connectivity index (χ2v) is 7.63. The quantitative estimate of drug-likeness (QED) is 0.263. The van der Waals surface area contributed by atoms with E-state index in [1.165, 1.54) is 18.3 Å². The lowest BCUT2D eigenvalue weighted by molar-refractivity contribution is -0.384. The molecule has 3 rings (SSSR count). The fraction of sp³-hybridized carbons (Fsp3) is 0.130. The number of non-ortho nitro benzene ring substituents is 1. The molecule has 0 unspecified atom stereocenters. The molecule has 0 saturated heterocycles. The normalized spacial score (nSPS) is 10.7. The third-order valence-electron chi connectivity index (χ3n) is 4.41. The monoisotopic (exact) mass is 497 g/mol. The summed E-state index contributed by atoms with van der Waals surface area (Å²) in [6.45, 7) is 0.399. The van der Waals surface area contributed by atoms with Crippen molar-refractivity contribution in [2.24, 2.45) is 5.10 Å². The van der Waals surface area contributed by atoms with Crippen LogP contribution in [0.2, 0.25) is 0 Å². The molecule has 0 aliphatic rings. The van der Waals surface area contributed by atoms with Gasteiger partial charge in [-0.05, 0) is 47.0 Å². The van der Waals surface area contributed by atoms with E-state index in [1.807, 2.05) is 24.3 Å². The number of nitro benzene ring substituents is 1. The van der Waals surface area contributed by atoms with Crippen molar-refractivity contribution >= 4 is 33.7 Å². The number of carbonyl (C=O) groups excluding carboxylic acids is 1. The number of nitro groups is 1. The zero-order valence-corrected chi connectivity index (χ0v) is 18.7. The van der Waals surface area contributed by atoms with Gasteiger partial charge in [0.2, 0.25) is 5.91 Å². The van der Waals surface area contributed by atoms with Crippen LogP contribution < -0.4 is 14.9 Å². The van der Waals surface area contributed by atoms with Crippen molar-refractivity contribution in [3.8, 4) is 11.5 Å². The molecule has 3 aromatic carbocycles. The van der Waals surface area contributed by atoms with Crippen LogP contribution in [0.4, 0.5) is 5.69 Å². The fourth-order valence-corrected chi connectivity index (χ4v) is 3.03. The number of nitrogens with one attached hydrogen (secondary N) is 1. The summed E-state index contributed by atoms with van der Waals surface area (Å²) in [6.07, 6.45) is 1.55. The molecule has 1 N–H and O–H groups in total. The Hall–Kier alpha value is -3.72. The third kappa shape index (κ3) is 6.64. The average molecular weight is 498 g/mol. The standard InChI is InChI=1S/C23H20BrN3O5/c1-31-22-12-18(6-11-21(22)32-15-17-2-7-19(24)8-3-17)14-25-26-23(28)13-16-4-9-20(10-5-16)27(29)30/h2-12,14H,13,15H2,1H3,(H,26,28)/b25-14-. The van der Waals surface area contributed by atoms with Crippen LogP contribution in [-0.4, -0.2) is 24.2 Å². The number of hydrazone groups is 1. The van der Waals surface area contributed by atoms with Gasteiger partial charge in [-0.3, -0.25) is 14.9 Å². The summed E-state index contributed by atoms with van der Waals surface area (Å²) >= 11 is 3.40. The zero-order valence-electron chi connectivity index (χ0n) is 17.2. The molecule has 32 heavy (non-hydrogen) atoms. The van der Waals surface area contributed by atoms with Gasteiger partial charge in [0.05, 0.1) is 24.7 Å². The van der Waals surface area contributed by atoms with E-state index in [1.54, 1.807) is 37.4 Å². The molecule has 8 nitrogen and oxygen atoms in total. The van der Waals surface area contributed by atoms with E-state index in [2.05, 4.69) is 26.5 Å². The summed E-state index contributed by atoms with van der Waals surface area (Å²) in [7, 11) is 1.55. The van der Waals surface area contributed by atoms with Gasteiger partial charge in [-0.2, -0.15) is 5.10 Å². The highest BCUT2D eigenvalue weighted by Crippen LogP contribution is 2.28. The number of amides is 1. The van der Waals surface area contributed by atoms with Crippen LogP contribution in [-0.2, 0) is 17.8 Å². The maximum absolute atomic E-state index is 12.0. The lowest BCUT2D eigenvalue weighted by atomic mass is 10.1. The largest absolute Gasteiger partial charge is 0.493 e. The highest BCUT2D eigenvalue weighted by atomic mass is 79.9. The first kappa shape index (κ1) is 23.0. The summed E-state index contributed by atoms with van der Waals surface area (Å²) < 4.78 is 12.2. The maximum Gasteiger partial charge on any atom is 0.269 e. The van der Waals surface area contributed by atoms with Gasteiger partial charge in [-0.25, -0.2) is 5.43 Å². The van der Waals surface area contributed by atoms with Crippen molar-refractivity contribution < 1.29 is 19.2 Å². The molecule has 164 valence electrons. The Labute approximate surface area is 193 Å². The SMILES string of the molecule is COc1cc(/C=N\NC(=O)Cc2ccc([N+](=O)[O-])cc2)ccc1OCc1ccc(Br)cc1. The smallest absolute Gasteiger partial charge is 0.269 e. The first-order chi connectivity index (χ1) is 15.4. The van der Waals surface area contributed by atoms with Crippen LogP contribution in [0, 0.1) is 10.1 Å². The molecule has 0 fully saturated rings. The number of hydrogen-bond donors (Lipinski definition) is 1. The van der Waals surface area contributed by atoms with Gasteiger partial charge in [-0.1, -0.05) is 40.2 Å². The predicted octanol–water partition coefficient (Wildman–Crippen LogP) is 4.64. The zero-order chi connectivity index (χ0) is 22.9. The summed E-state index contributed by atoms with van der Waals surface area (Å²) in [4.78, 5) is 22.2. The van der Waals surface area contributed by atoms with E-state index in [-0.39, 0.29) is 18.0 Å². The maximum atomic E-state index is 12.0. The van der Waals surface area contributed by atoms with Gasteiger partial charge < -0.3 is 9.47 Å². The lowest BCUT2D eigenvalue weighted by Gasteiger charge is -2.11. The lowest BCUT2D eigenvalue weighted by Crippen LogP contribution is -2.19. The minimum absolute atomic E-state index is 0.0228. The number of ether oxygens (including phenoxy) is 2. The van der Waals surface area contributed by atoms with Gasteiger partial charge >= 0.3 is 0 Å². The minimum atomic E-state index is -0.487. The topological polar surface area (TPSA) is 103 Å². The highest BCUT2D eigenvalue weighted by Gasteiger charge is 2.08. The fourth-order valence-electron chi connectivity index (χ4n) is 2.76. The molecule has 0 radical (unpaired) electrons. The van der Waals surface area contributed by atoms with Gasteiger partial charge in [0.1, 0.15) is 6.61 Å². The minimum Gasteiger partial charge on any atom is -0.493 e. The predicted molar refractivity (Wildman–Crippen MR) is 124 cm³/mol. The van der Waals surface area contributed by atoms with Crippen LogP contribution >= 0.6 is 15.9 Å². The second kappa shape index (κ2) is 11.1. The van der Waals surface area contributed by atoms with Gasteiger partial charge in [-0.15, -0.1) is 0 Å². The third-order valence-corrected chi connectivity index (χ3v) is 4.94. The Kier molecular flexibility index (Phi) is 7.93. The summed E-state index contributed by atoms with van der Waals surface area (Å²) in [6, 6.07) is 19.0. The first-order valence-electron chi connectivity index (χ1n) is 9.55. The molecule has 1 amide bonds. The Morgan fingerprint density at radius 3 is 2.41 bits per heavy atom. The number of carbonyl (C=O) groups is 1. The van der Waals surface area contributed by atoms with Gasteiger partial charge in [0.15, 0.2) is 11.5 Å². The van der Waals surface area contributed by atoms with E-state index in [9.17, 15) is 14.9 Å². The van der Waals surface area contributed by atoms with Crippen LogP contribution in [0.5, 0.6) is 11.5 Å². The molecule has 0 saturated carbocycles. The number of nitrogens with zero attached hydrogens (tertiary/aromatic N) is 2. The summed E-state index contributed by atoms with van der Waals surface area (Å²) in [5.74, 6) is 0.801. The van der Waals surface area contributed by atoms with E-state index in [0.717, 1.165) is 10.0 Å². The van der Waals surface area contributed by atoms with Crippen molar-refractivity contribution in [2.75, 3.05) is 7.11 Å². The molecule has 0 aromatic heterocycles. The highest BCUT2D eigenvalue weighted by molar-refractivity contribution is 9.10. The molecule has 0 spiro atoms.